The van der Waals surface area contributed by atoms with Crippen molar-refractivity contribution in [1.29, 1.82) is 0 Å². The zero-order valence-corrected chi connectivity index (χ0v) is 29.7. The summed E-state index contributed by atoms with van der Waals surface area (Å²) >= 11 is 1.92. The first-order valence-corrected chi connectivity index (χ1v) is 18.7. The van der Waals surface area contributed by atoms with Crippen LogP contribution in [0.1, 0.15) is 25.0 Å². The number of para-hydroxylation sites is 1. The standard InChI is InChI=1S/C49H33NOS/c1-49(2)40-27-26-37-36-12-6-8-17-45(36)52-48(37)46(40)38-25-24-35(29-41(38)49)50(42-14-9-16-44-47(42)39-13-5-7-15-43(39)51-44)34-22-20-31(21-23-34)33-19-18-30-10-3-4-11-32(30)28-33/h3-29H,1-2H3. The molecule has 2 nitrogen and oxygen atoms in total. The predicted octanol–water partition coefficient (Wildman–Crippen LogP) is 14.6. The van der Waals surface area contributed by atoms with Gasteiger partial charge in [0.1, 0.15) is 11.2 Å². The normalized spacial score (nSPS) is 13.3. The van der Waals surface area contributed by atoms with Gasteiger partial charge in [0.2, 0.25) is 0 Å². The molecule has 0 N–H and O–H groups in total. The molecule has 8 aromatic carbocycles. The van der Waals surface area contributed by atoms with Crippen LogP contribution in [0.3, 0.4) is 0 Å². The van der Waals surface area contributed by atoms with Gasteiger partial charge in [-0.05, 0) is 93.2 Å². The van der Waals surface area contributed by atoms with Crippen molar-refractivity contribution in [2.24, 2.45) is 0 Å². The van der Waals surface area contributed by atoms with Crippen molar-refractivity contribution in [3.05, 3.63) is 175 Å². The summed E-state index contributed by atoms with van der Waals surface area (Å²) in [6.07, 6.45) is 0. The van der Waals surface area contributed by atoms with E-state index in [4.69, 9.17) is 4.42 Å². The molecule has 0 saturated carbocycles. The lowest BCUT2D eigenvalue weighted by Gasteiger charge is -2.28. The lowest BCUT2D eigenvalue weighted by molar-refractivity contribution is 0.661. The third-order valence-corrected chi connectivity index (χ3v) is 12.5. The minimum atomic E-state index is -0.162. The van der Waals surface area contributed by atoms with Crippen LogP contribution in [0.15, 0.2) is 168 Å². The molecule has 0 amide bonds. The zero-order valence-electron chi connectivity index (χ0n) is 28.9. The molecular formula is C49H33NOS. The van der Waals surface area contributed by atoms with Gasteiger partial charge in [-0.15, -0.1) is 11.3 Å². The molecule has 1 aliphatic carbocycles. The van der Waals surface area contributed by atoms with Crippen LogP contribution in [0.25, 0.3) is 75.1 Å². The van der Waals surface area contributed by atoms with Gasteiger partial charge in [-0.2, -0.15) is 0 Å². The molecule has 2 heterocycles. The fraction of sp³-hybridized carbons (Fsp3) is 0.0612. The monoisotopic (exact) mass is 683 g/mol. The van der Waals surface area contributed by atoms with Crippen molar-refractivity contribution in [3.8, 4) is 22.3 Å². The Morgan fingerprint density at radius 1 is 0.519 bits per heavy atom. The van der Waals surface area contributed by atoms with E-state index in [0.29, 0.717) is 0 Å². The van der Waals surface area contributed by atoms with Crippen LogP contribution in [0.5, 0.6) is 0 Å². The van der Waals surface area contributed by atoms with E-state index < -0.39 is 0 Å². The summed E-state index contributed by atoms with van der Waals surface area (Å²) < 4.78 is 9.14. The van der Waals surface area contributed by atoms with Crippen LogP contribution >= 0.6 is 11.3 Å². The molecule has 0 saturated heterocycles. The highest BCUT2D eigenvalue weighted by Crippen LogP contribution is 2.55. The van der Waals surface area contributed by atoms with Crippen LogP contribution in [0.2, 0.25) is 0 Å². The number of anilines is 3. The molecular weight excluding hydrogens is 651 g/mol. The zero-order chi connectivity index (χ0) is 34.6. The number of fused-ring (bicyclic) bond motifs is 11. The third kappa shape index (κ3) is 4.23. The van der Waals surface area contributed by atoms with Crippen LogP contribution in [-0.2, 0) is 5.41 Å². The Balaban J connectivity index is 1.11. The summed E-state index contributed by atoms with van der Waals surface area (Å²) in [5.41, 5.74) is 12.8. The molecule has 0 bridgehead atoms. The number of hydrogen-bond donors (Lipinski definition) is 0. The number of thiophene rings is 1. The molecule has 0 aliphatic heterocycles. The summed E-state index contributed by atoms with van der Waals surface area (Å²) in [7, 11) is 0. The van der Waals surface area contributed by atoms with Crippen molar-refractivity contribution in [1.82, 2.24) is 0 Å². The van der Waals surface area contributed by atoms with Crippen molar-refractivity contribution in [3.63, 3.8) is 0 Å². The van der Waals surface area contributed by atoms with Crippen LogP contribution in [0.4, 0.5) is 17.1 Å². The molecule has 0 spiro atoms. The minimum Gasteiger partial charge on any atom is -0.456 e. The summed E-state index contributed by atoms with van der Waals surface area (Å²) in [5.74, 6) is 0. The minimum absolute atomic E-state index is 0.162. The largest absolute Gasteiger partial charge is 0.456 e. The molecule has 0 atom stereocenters. The van der Waals surface area contributed by atoms with Crippen LogP contribution in [-0.4, -0.2) is 0 Å². The van der Waals surface area contributed by atoms with Gasteiger partial charge < -0.3 is 9.32 Å². The highest BCUT2D eigenvalue weighted by atomic mass is 32.1. The third-order valence-electron chi connectivity index (χ3n) is 11.3. The maximum absolute atomic E-state index is 6.42. The average molecular weight is 684 g/mol. The van der Waals surface area contributed by atoms with E-state index in [9.17, 15) is 0 Å². The summed E-state index contributed by atoms with van der Waals surface area (Å²) in [6.45, 7) is 4.77. The second-order valence-corrected chi connectivity index (χ2v) is 15.6. The number of furan rings is 1. The molecule has 1 aliphatic rings. The molecule has 3 heteroatoms. The van der Waals surface area contributed by atoms with E-state index >= 15 is 0 Å². The molecule has 11 rings (SSSR count). The SMILES string of the molecule is CC1(C)c2cc(N(c3ccc(-c4ccc5ccccc5c4)cc3)c3cccc4oc5ccccc5c34)ccc2-c2c1ccc1c2sc2ccccc21. The molecule has 0 radical (unpaired) electrons. The molecule has 0 unspecified atom stereocenters. The second-order valence-electron chi connectivity index (χ2n) is 14.5. The predicted molar refractivity (Wildman–Crippen MR) is 222 cm³/mol. The number of nitrogens with zero attached hydrogens (tertiary/aromatic N) is 1. The summed E-state index contributed by atoms with van der Waals surface area (Å²) in [5, 5.41) is 7.42. The van der Waals surface area contributed by atoms with E-state index in [0.717, 1.165) is 39.0 Å². The molecule has 2 aromatic heterocycles. The van der Waals surface area contributed by atoms with E-state index in [1.165, 1.54) is 64.3 Å². The van der Waals surface area contributed by atoms with Crippen molar-refractivity contribution in [2.75, 3.05) is 4.90 Å². The van der Waals surface area contributed by atoms with Crippen LogP contribution < -0.4 is 4.90 Å². The Morgan fingerprint density at radius 2 is 1.25 bits per heavy atom. The fourth-order valence-electron chi connectivity index (χ4n) is 8.67. The first kappa shape index (κ1) is 29.6. The van der Waals surface area contributed by atoms with Crippen molar-refractivity contribution >= 4 is 81.3 Å². The lowest BCUT2D eigenvalue weighted by Crippen LogP contribution is -2.16. The number of benzene rings is 8. The lowest BCUT2D eigenvalue weighted by atomic mass is 9.82. The van der Waals surface area contributed by atoms with Crippen LogP contribution in [0, 0.1) is 0 Å². The Bertz CT molecular complexity index is 3050. The van der Waals surface area contributed by atoms with E-state index in [1.54, 1.807) is 0 Å². The van der Waals surface area contributed by atoms with Gasteiger partial charge in [-0.3, -0.25) is 0 Å². The average Bonchev–Trinajstić information content (AvgIpc) is 3.83. The van der Waals surface area contributed by atoms with Gasteiger partial charge in [-0.25, -0.2) is 0 Å². The van der Waals surface area contributed by atoms with Crippen molar-refractivity contribution in [2.45, 2.75) is 19.3 Å². The van der Waals surface area contributed by atoms with E-state index in [-0.39, 0.29) is 5.41 Å². The Morgan fingerprint density at radius 3 is 2.13 bits per heavy atom. The van der Waals surface area contributed by atoms with Gasteiger partial charge in [0.25, 0.3) is 0 Å². The van der Waals surface area contributed by atoms with Crippen molar-refractivity contribution < 1.29 is 4.42 Å². The summed E-state index contributed by atoms with van der Waals surface area (Å²) in [4.78, 5) is 2.42. The summed E-state index contributed by atoms with van der Waals surface area (Å²) in [6, 6.07) is 59.8. The van der Waals surface area contributed by atoms with Gasteiger partial charge in [-0.1, -0.05) is 123 Å². The molecule has 0 fully saturated rings. The maximum Gasteiger partial charge on any atom is 0.137 e. The highest BCUT2D eigenvalue weighted by molar-refractivity contribution is 7.26. The second kappa shape index (κ2) is 10.9. The van der Waals surface area contributed by atoms with E-state index in [2.05, 4.69) is 176 Å². The Labute approximate surface area is 305 Å². The Hall–Kier alpha value is -6.16. The number of rotatable bonds is 4. The first-order chi connectivity index (χ1) is 25.5. The van der Waals surface area contributed by atoms with Gasteiger partial charge in [0.05, 0.1) is 11.1 Å². The van der Waals surface area contributed by atoms with Gasteiger partial charge in [0, 0.05) is 47.9 Å². The van der Waals surface area contributed by atoms with E-state index in [1.807, 2.05) is 17.4 Å². The smallest absolute Gasteiger partial charge is 0.137 e. The fourth-order valence-corrected chi connectivity index (χ4v) is 9.93. The highest BCUT2D eigenvalue weighted by Gasteiger charge is 2.38. The Kier molecular flexibility index (Phi) is 6.21. The van der Waals surface area contributed by atoms with Gasteiger partial charge >= 0.3 is 0 Å². The topological polar surface area (TPSA) is 16.4 Å². The quantitative estimate of drug-likeness (QED) is 0.184. The number of hydrogen-bond acceptors (Lipinski definition) is 3. The molecule has 52 heavy (non-hydrogen) atoms. The first-order valence-electron chi connectivity index (χ1n) is 17.9. The molecule has 10 aromatic rings. The molecule has 246 valence electrons. The van der Waals surface area contributed by atoms with Gasteiger partial charge in [0.15, 0.2) is 0 Å². The maximum atomic E-state index is 6.42.